The summed E-state index contributed by atoms with van der Waals surface area (Å²) in [5, 5.41) is 3.69. The third-order valence-electron chi connectivity index (χ3n) is 4.65. The highest BCUT2D eigenvalue weighted by Gasteiger charge is 2.19. The molecule has 28 heavy (non-hydrogen) atoms. The maximum atomic E-state index is 5.86. The van der Waals surface area contributed by atoms with Gasteiger partial charge in [-0.15, -0.1) is 0 Å². The van der Waals surface area contributed by atoms with Crippen LogP contribution in [-0.2, 0) is 0 Å². The molecule has 3 aromatic carbocycles. The van der Waals surface area contributed by atoms with Gasteiger partial charge in [-0.2, -0.15) is 0 Å². The van der Waals surface area contributed by atoms with Crippen molar-refractivity contribution < 1.29 is 4.74 Å². The monoisotopic (exact) mass is 471 g/mol. The van der Waals surface area contributed by atoms with Crippen molar-refractivity contribution in [2.45, 2.75) is 45.4 Å². The normalized spacial score (nSPS) is 13.4. The fraction of sp³-hybridized carbons (Fsp3) is 0.217. The van der Waals surface area contributed by atoms with Gasteiger partial charge in [0.15, 0.2) is 0 Å². The van der Waals surface area contributed by atoms with Gasteiger partial charge >= 0.3 is 0 Å². The van der Waals surface area contributed by atoms with E-state index in [0.717, 1.165) is 18.6 Å². The summed E-state index contributed by atoms with van der Waals surface area (Å²) in [6.07, 6.45) is 2.03. The lowest BCUT2D eigenvalue weighted by atomic mass is 10.1. The molecular formula is C23H22BrNOS2. The Labute approximate surface area is 183 Å². The van der Waals surface area contributed by atoms with Gasteiger partial charge in [-0.05, 0) is 64.8 Å². The summed E-state index contributed by atoms with van der Waals surface area (Å²) >= 11 is 7.36. The van der Waals surface area contributed by atoms with Crippen LogP contribution < -0.4 is 10.1 Å². The molecule has 0 saturated heterocycles. The summed E-state index contributed by atoms with van der Waals surface area (Å²) in [6, 6.07) is 23.5. The number of benzene rings is 3. The first-order valence-corrected chi connectivity index (χ1v) is 11.9. The summed E-state index contributed by atoms with van der Waals surface area (Å²) in [6.45, 7) is 2.93. The highest BCUT2D eigenvalue weighted by molar-refractivity contribution is 9.10. The minimum absolute atomic E-state index is 0.393. The van der Waals surface area contributed by atoms with Gasteiger partial charge in [0.2, 0.25) is 0 Å². The molecule has 4 rings (SSSR count). The summed E-state index contributed by atoms with van der Waals surface area (Å²) in [5.41, 5.74) is 1.18. The highest BCUT2D eigenvalue weighted by Crippen LogP contribution is 2.51. The van der Waals surface area contributed by atoms with E-state index in [-0.39, 0.29) is 0 Å². The van der Waals surface area contributed by atoms with Gasteiger partial charge in [-0.3, -0.25) is 0 Å². The molecule has 5 heteroatoms. The van der Waals surface area contributed by atoms with Crippen molar-refractivity contribution in [3.05, 3.63) is 71.2 Å². The van der Waals surface area contributed by atoms with E-state index in [1.165, 1.54) is 29.7 Å². The molecule has 0 saturated carbocycles. The fourth-order valence-electron chi connectivity index (χ4n) is 3.11. The van der Waals surface area contributed by atoms with Crippen LogP contribution >= 0.6 is 39.5 Å². The average Bonchev–Trinajstić information content (AvgIpc) is 2.73. The van der Waals surface area contributed by atoms with Crippen LogP contribution in [0.3, 0.4) is 0 Å². The Balaban J connectivity index is 1.39. The van der Waals surface area contributed by atoms with Gasteiger partial charge in [-0.1, -0.05) is 54.7 Å². The lowest BCUT2D eigenvalue weighted by Gasteiger charge is -2.22. The third-order valence-corrected chi connectivity index (χ3v) is 8.17. The van der Waals surface area contributed by atoms with Crippen molar-refractivity contribution in [1.29, 1.82) is 0 Å². The van der Waals surface area contributed by atoms with Crippen molar-refractivity contribution in [1.82, 2.24) is 0 Å². The van der Waals surface area contributed by atoms with Crippen LogP contribution in [0.5, 0.6) is 5.75 Å². The number of rotatable bonds is 7. The van der Waals surface area contributed by atoms with E-state index in [4.69, 9.17) is 4.74 Å². The van der Waals surface area contributed by atoms with E-state index in [9.17, 15) is 0 Å². The number of anilines is 1. The molecule has 1 aliphatic heterocycles. The van der Waals surface area contributed by atoms with Crippen LogP contribution in [-0.4, -0.2) is 12.6 Å². The molecule has 0 aliphatic carbocycles. The Morgan fingerprint density at radius 1 is 0.929 bits per heavy atom. The van der Waals surface area contributed by atoms with E-state index in [1.807, 2.05) is 53.9 Å². The number of ether oxygens (including phenoxy) is 1. The molecule has 0 bridgehead atoms. The van der Waals surface area contributed by atoms with Crippen LogP contribution in [0.25, 0.3) is 0 Å². The van der Waals surface area contributed by atoms with Crippen molar-refractivity contribution in [2.24, 2.45) is 0 Å². The highest BCUT2D eigenvalue weighted by atomic mass is 79.9. The summed E-state index contributed by atoms with van der Waals surface area (Å²) in [5.74, 6) is 0.935. The smallest absolute Gasteiger partial charge is 0.119 e. The molecule has 1 atom stereocenters. The standard InChI is InChI=1S/C23H22BrNOS2/c1-2-16(13-14-26-18-7-4-3-5-8-18)25-17-11-12-20-22(15-17)27-21-10-6-9-19(24)23(21)28-20/h3-12,15-16,25H,2,13-14H2,1H3/t16-/m0/s1. The molecule has 0 unspecified atom stereocenters. The van der Waals surface area contributed by atoms with Crippen molar-refractivity contribution in [3.8, 4) is 5.75 Å². The van der Waals surface area contributed by atoms with E-state index < -0.39 is 0 Å². The zero-order chi connectivity index (χ0) is 19.3. The van der Waals surface area contributed by atoms with Gasteiger partial charge in [0.1, 0.15) is 5.75 Å². The van der Waals surface area contributed by atoms with Crippen LogP contribution in [0.2, 0.25) is 0 Å². The first kappa shape index (κ1) is 19.7. The molecule has 1 aliphatic rings. The zero-order valence-corrected chi connectivity index (χ0v) is 18.9. The first-order chi connectivity index (χ1) is 13.7. The minimum Gasteiger partial charge on any atom is -0.494 e. The van der Waals surface area contributed by atoms with Crippen LogP contribution in [0.1, 0.15) is 19.8 Å². The third kappa shape index (κ3) is 4.70. The van der Waals surface area contributed by atoms with Gasteiger partial charge in [0.05, 0.1) is 6.61 Å². The zero-order valence-electron chi connectivity index (χ0n) is 15.7. The molecule has 3 aromatic rings. The summed E-state index contributed by atoms with van der Waals surface area (Å²) < 4.78 is 7.03. The number of hydrogen-bond acceptors (Lipinski definition) is 4. The fourth-order valence-corrected chi connectivity index (χ4v) is 6.14. The summed E-state index contributed by atoms with van der Waals surface area (Å²) in [4.78, 5) is 5.25. The molecule has 0 aromatic heterocycles. The van der Waals surface area contributed by atoms with Crippen molar-refractivity contribution in [3.63, 3.8) is 0 Å². The predicted molar refractivity (Wildman–Crippen MR) is 123 cm³/mol. The van der Waals surface area contributed by atoms with Crippen LogP contribution in [0.4, 0.5) is 5.69 Å². The van der Waals surface area contributed by atoms with Gasteiger partial charge in [0.25, 0.3) is 0 Å². The predicted octanol–water partition coefficient (Wildman–Crippen LogP) is 7.72. The Hall–Kier alpha value is -1.56. The lowest BCUT2D eigenvalue weighted by Crippen LogP contribution is -2.21. The van der Waals surface area contributed by atoms with Gasteiger partial charge in [0, 0.05) is 42.2 Å². The molecule has 1 N–H and O–H groups in total. The van der Waals surface area contributed by atoms with Crippen LogP contribution in [0, 0.1) is 0 Å². The number of nitrogens with one attached hydrogen (secondary N) is 1. The molecule has 0 spiro atoms. The molecule has 2 nitrogen and oxygen atoms in total. The van der Waals surface area contributed by atoms with E-state index in [0.29, 0.717) is 12.6 Å². The lowest BCUT2D eigenvalue weighted by molar-refractivity contribution is 0.300. The second kappa shape index (κ2) is 9.29. The summed E-state index contributed by atoms with van der Waals surface area (Å²) in [7, 11) is 0. The van der Waals surface area contributed by atoms with Gasteiger partial charge < -0.3 is 10.1 Å². The van der Waals surface area contributed by atoms with E-state index in [1.54, 1.807) is 0 Å². The Bertz CT molecular complexity index is 949. The minimum atomic E-state index is 0.393. The second-order valence-corrected chi connectivity index (χ2v) is 9.62. The topological polar surface area (TPSA) is 21.3 Å². The molecule has 1 heterocycles. The number of hydrogen-bond donors (Lipinski definition) is 1. The molecular weight excluding hydrogens is 450 g/mol. The Morgan fingerprint density at radius 2 is 1.79 bits per heavy atom. The quantitative estimate of drug-likeness (QED) is 0.297. The van der Waals surface area contributed by atoms with Gasteiger partial charge in [-0.25, -0.2) is 0 Å². The molecule has 0 fully saturated rings. The Kier molecular flexibility index (Phi) is 6.55. The largest absolute Gasteiger partial charge is 0.494 e. The number of para-hydroxylation sites is 1. The van der Waals surface area contributed by atoms with Crippen molar-refractivity contribution >= 4 is 45.1 Å². The SMILES string of the molecule is CC[C@@H](CCOc1ccccc1)Nc1ccc2c(c1)Sc1cccc(Br)c1S2. The van der Waals surface area contributed by atoms with E-state index >= 15 is 0 Å². The molecule has 144 valence electrons. The second-order valence-electron chi connectivity index (χ2n) is 6.63. The number of fused-ring (bicyclic) bond motifs is 2. The maximum Gasteiger partial charge on any atom is 0.119 e. The number of halogens is 1. The van der Waals surface area contributed by atoms with Crippen LogP contribution in [0.15, 0.2) is 90.8 Å². The average molecular weight is 472 g/mol. The maximum absolute atomic E-state index is 5.86. The molecule has 0 radical (unpaired) electrons. The first-order valence-electron chi connectivity index (χ1n) is 9.45. The Morgan fingerprint density at radius 3 is 2.61 bits per heavy atom. The van der Waals surface area contributed by atoms with E-state index in [2.05, 4.69) is 64.6 Å². The van der Waals surface area contributed by atoms with Crippen molar-refractivity contribution in [2.75, 3.05) is 11.9 Å². The molecule has 0 amide bonds.